The summed E-state index contributed by atoms with van der Waals surface area (Å²) in [5.74, 6) is 0. The SMILES string of the molecule is CCN1CCN(C(=O)Nc2cccc(C(C)NC)c2)CC1. The van der Waals surface area contributed by atoms with Crippen molar-refractivity contribution in [3.63, 3.8) is 0 Å². The zero-order chi connectivity index (χ0) is 15.2. The molecule has 1 heterocycles. The molecule has 0 radical (unpaired) electrons. The van der Waals surface area contributed by atoms with Gasteiger partial charge in [0.15, 0.2) is 0 Å². The molecular formula is C16H26N4O. The number of nitrogens with one attached hydrogen (secondary N) is 2. The molecule has 1 atom stereocenters. The molecule has 1 fully saturated rings. The second-order valence-corrected chi connectivity index (χ2v) is 5.49. The molecule has 1 aromatic rings. The van der Waals surface area contributed by atoms with Crippen molar-refractivity contribution < 1.29 is 4.79 Å². The van der Waals surface area contributed by atoms with Crippen LogP contribution in [0.25, 0.3) is 0 Å². The molecule has 1 aliphatic rings. The number of urea groups is 1. The van der Waals surface area contributed by atoms with Crippen molar-refractivity contribution in [3.05, 3.63) is 29.8 Å². The van der Waals surface area contributed by atoms with E-state index in [4.69, 9.17) is 0 Å². The van der Waals surface area contributed by atoms with E-state index >= 15 is 0 Å². The van der Waals surface area contributed by atoms with Gasteiger partial charge in [-0.3, -0.25) is 0 Å². The van der Waals surface area contributed by atoms with Crippen LogP contribution in [0.4, 0.5) is 10.5 Å². The molecule has 2 rings (SSSR count). The summed E-state index contributed by atoms with van der Waals surface area (Å²) in [5, 5.41) is 6.21. The largest absolute Gasteiger partial charge is 0.322 e. The van der Waals surface area contributed by atoms with Crippen LogP contribution in [-0.4, -0.2) is 55.6 Å². The first-order valence-electron chi connectivity index (χ1n) is 7.69. The minimum absolute atomic E-state index is 0.0000128. The van der Waals surface area contributed by atoms with Crippen molar-refractivity contribution >= 4 is 11.7 Å². The summed E-state index contributed by atoms with van der Waals surface area (Å²) >= 11 is 0. The lowest BCUT2D eigenvalue weighted by atomic mass is 10.1. The number of nitrogens with zero attached hydrogens (tertiary/aromatic N) is 2. The second-order valence-electron chi connectivity index (χ2n) is 5.49. The number of piperazine rings is 1. The Morgan fingerprint density at radius 3 is 2.62 bits per heavy atom. The number of likely N-dealkylation sites (N-methyl/N-ethyl adjacent to an activating group) is 1. The maximum absolute atomic E-state index is 12.3. The number of carbonyl (C=O) groups is 1. The minimum atomic E-state index is 0.0000128. The summed E-state index contributed by atoms with van der Waals surface area (Å²) in [7, 11) is 1.93. The van der Waals surface area contributed by atoms with Gasteiger partial charge >= 0.3 is 6.03 Å². The predicted octanol–water partition coefficient (Wildman–Crippen LogP) is 2.14. The number of amides is 2. The van der Waals surface area contributed by atoms with Crippen LogP contribution in [0.3, 0.4) is 0 Å². The van der Waals surface area contributed by atoms with Crippen LogP contribution in [0.2, 0.25) is 0 Å². The zero-order valence-electron chi connectivity index (χ0n) is 13.2. The van der Waals surface area contributed by atoms with Gasteiger partial charge in [0, 0.05) is 37.9 Å². The molecule has 21 heavy (non-hydrogen) atoms. The van der Waals surface area contributed by atoms with E-state index in [1.165, 1.54) is 5.56 Å². The first-order chi connectivity index (χ1) is 10.1. The quantitative estimate of drug-likeness (QED) is 0.893. The lowest BCUT2D eigenvalue weighted by molar-refractivity contribution is 0.151. The highest BCUT2D eigenvalue weighted by Crippen LogP contribution is 2.17. The van der Waals surface area contributed by atoms with Crippen molar-refractivity contribution in [2.75, 3.05) is 45.1 Å². The molecule has 0 spiro atoms. The van der Waals surface area contributed by atoms with Gasteiger partial charge in [0.25, 0.3) is 0 Å². The van der Waals surface area contributed by atoms with Crippen LogP contribution in [0.15, 0.2) is 24.3 Å². The van der Waals surface area contributed by atoms with Gasteiger partial charge in [-0.1, -0.05) is 19.1 Å². The first kappa shape index (κ1) is 15.8. The van der Waals surface area contributed by atoms with Crippen LogP contribution >= 0.6 is 0 Å². The topological polar surface area (TPSA) is 47.6 Å². The molecule has 1 saturated heterocycles. The third kappa shape index (κ3) is 4.19. The van der Waals surface area contributed by atoms with E-state index < -0.39 is 0 Å². The first-order valence-corrected chi connectivity index (χ1v) is 7.69. The monoisotopic (exact) mass is 290 g/mol. The number of benzene rings is 1. The summed E-state index contributed by atoms with van der Waals surface area (Å²) in [6.45, 7) is 8.83. The van der Waals surface area contributed by atoms with Crippen LogP contribution in [0, 0.1) is 0 Å². The average molecular weight is 290 g/mol. The summed E-state index contributed by atoms with van der Waals surface area (Å²) in [4.78, 5) is 16.5. The highest BCUT2D eigenvalue weighted by atomic mass is 16.2. The Hall–Kier alpha value is -1.59. The van der Waals surface area contributed by atoms with Gasteiger partial charge in [0.05, 0.1) is 0 Å². The summed E-state index contributed by atoms with van der Waals surface area (Å²) in [6.07, 6.45) is 0. The van der Waals surface area contributed by atoms with Crippen LogP contribution in [0.5, 0.6) is 0 Å². The van der Waals surface area contributed by atoms with E-state index in [2.05, 4.69) is 35.4 Å². The van der Waals surface area contributed by atoms with Crippen molar-refractivity contribution in [2.45, 2.75) is 19.9 Å². The average Bonchev–Trinajstić information content (AvgIpc) is 2.54. The summed E-state index contributed by atoms with van der Waals surface area (Å²) in [5.41, 5.74) is 2.03. The highest BCUT2D eigenvalue weighted by molar-refractivity contribution is 5.89. The van der Waals surface area contributed by atoms with Crippen LogP contribution in [-0.2, 0) is 0 Å². The van der Waals surface area contributed by atoms with Gasteiger partial charge in [-0.2, -0.15) is 0 Å². The predicted molar refractivity (Wildman–Crippen MR) is 86.6 cm³/mol. The fraction of sp³-hybridized carbons (Fsp3) is 0.562. The van der Waals surface area contributed by atoms with Gasteiger partial charge in [0.2, 0.25) is 0 Å². The minimum Gasteiger partial charge on any atom is -0.322 e. The van der Waals surface area contributed by atoms with E-state index in [9.17, 15) is 4.79 Å². The smallest absolute Gasteiger partial charge is 0.321 e. The second kappa shape index (κ2) is 7.43. The fourth-order valence-electron chi connectivity index (χ4n) is 2.52. The molecule has 2 N–H and O–H groups in total. The molecule has 1 unspecified atom stereocenters. The Balaban J connectivity index is 1.94. The molecule has 1 aromatic carbocycles. The van der Waals surface area contributed by atoms with Gasteiger partial charge < -0.3 is 20.4 Å². The van der Waals surface area contributed by atoms with E-state index in [1.54, 1.807) is 0 Å². The van der Waals surface area contributed by atoms with Crippen LogP contribution in [0.1, 0.15) is 25.5 Å². The highest BCUT2D eigenvalue weighted by Gasteiger charge is 2.20. The number of hydrogen-bond acceptors (Lipinski definition) is 3. The number of carbonyl (C=O) groups excluding carboxylic acids is 1. The molecule has 0 saturated carbocycles. The molecule has 0 bridgehead atoms. The molecule has 0 aromatic heterocycles. The van der Waals surface area contributed by atoms with E-state index in [1.807, 2.05) is 30.1 Å². The molecule has 5 nitrogen and oxygen atoms in total. The van der Waals surface area contributed by atoms with Gasteiger partial charge in [-0.25, -0.2) is 4.79 Å². The van der Waals surface area contributed by atoms with Gasteiger partial charge in [-0.05, 0) is 38.2 Å². The third-order valence-electron chi connectivity index (χ3n) is 4.18. The molecule has 0 aliphatic carbocycles. The van der Waals surface area contributed by atoms with Crippen molar-refractivity contribution in [3.8, 4) is 0 Å². The third-order valence-corrected chi connectivity index (χ3v) is 4.18. The Morgan fingerprint density at radius 2 is 2.00 bits per heavy atom. The van der Waals surface area contributed by atoms with Gasteiger partial charge in [0.1, 0.15) is 0 Å². The molecule has 1 aliphatic heterocycles. The fourth-order valence-corrected chi connectivity index (χ4v) is 2.52. The summed E-state index contributed by atoms with van der Waals surface area (Å²) in [6, 6.07) is 8.29. The Kier molecular flexibility index (Phi) is 5.59. The zero-order valence-corrected chi connectivity index (χ0v) is 13.2. The summed E-state index contributed by atoms with van der Waals surface area (Å²) < 4.78 is 0. The number of anilines is 1. The van der Waals surface area contributed by atoms with Crippen molar-refractivity contribution in [1.82, 2.24) is 15.1 Å². The van der Waals surface area contributed by atoms with Gasteiger partial charge in [-0.15, -0.1) is 0 Å². The normalized spacial score (nSPS) is 17.6. The Labute approximate surface area is 127 Å². The maximum Gasteiger partial charge on any atom is 0.321 e. The molecule has 116 valence electrons. The number of rotatable bonds is 4. The standard InChI is InChI=1S/C16H26N4O/c1-4-19-8-10-20(11-9-19)16(21)18-15-7-5-6-14(12-15)13(2)17-3/h5-7,12-13,17H,4,8-11H2,1-3H3,(H,18,21). The molecule has 5 heteroatoms. The van der Waals surface area contributed by atoms with Crippen molar-refractivity contribution in [1.29, 1.82) is 0 Å². The van der Waals surface area contributed by atoms with Crippen molar-refractivity contribution in [2.24, 2.45) is 0 Å². The van der Waals surface area contributed by atoms with Crippen LogP contribution < -0.4 is 10.6 Å². The van der Waals surface area contributed by atoms with E-state index in [-0.39, 0.29) is 12.1 Å². The van der Waals surface area contributed by atoms with E-state index in [0.717, 1.165) is 38.4 Å². The molecule has 2 amide bonds. The Morgan fingerprint density at radius 1 is 1.29 bits per heavy atom. The lowest BCUT2D eigenvalue weighted by Crippen LogP contribution is -2.49. The lowest BCUT2D eigenvalue weighted by Gasteiger charge is -2.34. The number of hydrogen-bond donors (Lipinski definition) is 2. The van der Waals surface area contributed by atoms with E-state index in [0.29, 0.717) is 0 Å². The Bertz CT molecular complexity index is 469. The maximum atomic E-state index is 12.3. The molecular weight excluding hydrogens is 264 g/mol.